The fourth-order valence-electron chi connectivity index (χ4n) is 2.58. The van der Waals surface area contributed by atoms with E-state index in [2.05, 4.69) is 10.6 Å². The molecule has 2 N–H and O–H groups in total. The van der Waals surface area contributed by atoms with Crippen molar-refractivity contribution in [3.05, 3.63) is 35.4 Å². The Bertz CT molecular complexity index is 552. The zero-order chi connectivity index (χ0) is 17.7. The molecule has 1 amide bonds. The van der Waals surface area contributed by atoms with Crippen LogP contribution in [0.3, 0.4) is 0 Å². The van der Waals surface area contributed by atoms with E-state index in [1.807, 2.05) is 0 Å². The lowest BCUT2D eigenvalue weighted by Gasteiger charge is -2.35. The smallest absolute Gasteiger partial charge is 0.354 e. The molecule has 0 aliphatic carbocycles. The van der Waals surface area contributed by atoms with Crippen LogP contribution < -0.4 is 10.6 Å². The van der Waals surface area contributed by atoms with E-state index in [0.717, 1.165) is 18.2 Å². The summed E-state index contributed by atoms with van der Waals surface area (Å²) in [5.74, 6) is -2.66. The molecule has 0 aromatic heterocycles. The molecule has 1 aliphatic heterocycles. The molecule has 24 heavy (non-hydrogen) atoms. The third kappa shape index (κ3) is 4.88. The van der Waals surface area contributed by atoms with E-state index in [1.54, 1.807) is 0 Å². The fraction of sp³-hybridized carbons (Fsp3) is 0.533. The summed E-state index contributed by atoms with van der Waals surface area (Å²) in [6.07, 6.45) is -5.15. The van der Waals surface area contributed by atoms with Gasteiger partial charge >= 0.3 is 6.18 Å². The molecule has 1 aromatic rings. The minimum atomic E-state index is -4.51. The van der Waals surface area contributed by atoms with Crippen molar-refractivity contribution in [3.8, 4) is 0 Å². The Morgan fingerprint density at radius 2 is 1.79 bits per heavy atom. The number of amides is 1. The summed E-state index contributed by atoms with van der Waals surface area (Å²) < 4.78 is 66.5. The number of carbonyl (C=O) groups is 1. The van der Waals surface area contributed by atoms with Gasteiger partial charge in [-0.15, -0.1) is 0 Å². The van der Waals surface area contributed by atoms with Gasteiger partial charge in [-0.2, -0.15) is 13.2 Å². The molecule has 0 bridgehead atoms. The maximum atomic E-state index is 13.5. The van der Waals surface area contributed by atoms with Crippen LogP contribution in [0.2, 0.25) is 0 Å². The summed E-state index contributed by atoms with van der Waals surface area (Å²) >= 11 is 0. The first-order chi connectivity index (χ1) is 11.3. The lowest BCUT2D eigenvalue weighted by Crippen LogP contribution is -2.57. The zero-order valence-corrected chi connectivity index (χ0v) is 12.8. The van der Waals surface area contributed by atoms with Crippen molar-refractivity contribution in [1.82, 2.24) is 15.5 Å². The molecule has 1 atom stereocenters. The van der Waals surface area contributed by atoms with Crippen LogP contribution in [0.25, 0.3) is 0 Å². The normalized spacial score (nSPS) is 17.5. The number of piperazine rings is 1. The molecule has 0 radical (unpaired) electrons. The van der Waals surface area contributed by atoms with Crippen molar-refractivity contribution >= 4 is 5.91 Å². The van der Waals surface area contributed by atoms with Crippen LogP contribution in [0.4, 0.5) is 22.0 Å². The SMILES string of the molecule is O=C(Cc1c(F)cccc1F)NCC(N1CCNCC1)C(F)(F)F. The number of alkyl halides is 3. The summed E-state index contributed by atoms with van der Waals surface area (Å²) in [5.41, 5.74) is -0.458. The Hall–Kier alpha value is -1.74. The van der Waals surface area contributed by atoms with Crippen molar-refractivity contribution in [1.29, 1.82) is 0 Å². The van der Waals surface area contributed by atoms with Crippen LogP contribution in [0.1, 0.15) is 5.56 Å². The average molecular weight is 351 g/mol. The van der Waals surface area contributed by atoms with Gasteiger partial charge < -0.3 is 10.6 Å². The number of benzene rings is 1. The molecule has 9 heteroatoms. The lowest BCUT2D eigenvalue weighted by atomic mass is 10.1. The second-order valence-corrected chi connectivity index (χ2v) is 5.52. The fourth-order valence-corrected chi connectivity index (χ4v) is 2.58. The summed E-state index contributed by atoms with van der Waals surface area (Å²) in [6.45, 7) is 0.629. The molecule has 1 aliphatic rings. The topological polar surface area (TPSA) is 44.4 Å². The lowest BCUT2D eigenvalue weighted by molar-refractivity contribution is -0.184. The van der Waals surface area contributed by atoms with Gasteiger partial charge in [-0.05, 0) is 12.1 Å². The minimum Gasteiger partial charge on any atom is -0.354 e. The Morgan fingerprint density at radius 3 is 2.33 bits per heavy atom. The van der Waals surface area contributed by atoms with Gasteiger partial charge in [0, 0.05) is 38.3 Å². The van der Waals surface area contributed by atoms with Gasteiger partial charge in [0.25, 0.3) is 0 Å². The maximum Gasteiger partial charge on any atom is 0.405 e. The average Bonchev–Trinajstić information content (AvgIpc) is 2.51. The molecule has 1 unspecified atom stereocenters. The highest BCUT2D eigenvalue weighted by atomic mass is 19.4. The molecule has 1 fully saturated rings. The quantitative estimate of drug-likeness (QED) is 0.790. The second-order valence-electron chi connectivity index (χ2n) is 5.52. The van der Waals surface area contributed by atoms with E-state index in [-0.39, 0.29) is 13.1 Å². The van der Waals surface area contributed by atoms with E-state index in [9.17, 15) is 26.7 Å². The predicted molar refractivity (Wildman–Crippen MR) is 77.4 cm³/mol. The largest absolute Gasteiger partial charge is 0.405 e. The monoisotopic (exact) mass is 351 g/mol. The van der Waals surface area contributed by atoms with Crippen LogP contribution in [-0.2, 0) is 11.2 Å². The molecular weight excluding hydrogens is 333 g/mol. The van der Waals surface area contributed by atoms with E-state index in [1.165, 1.54) is 4.90 Å². The third-order valence-electron chi connectivity index (χ3n) is 3.86. The maximum absolute atomic E-state index is 13.5. The molecule has 0 saturated carbocycles. The highest BCUT2D eigenvalue weighted by molar-refractivity contribution is 5.78. The Kier molecular flexibility index (Phi) is 6.11. The van der Waals surface area contributed by atoms with Crippen molar-refractivity contribution in [3.63, 3.8) is 0 Å². The van der Waals surface area contributed by atoms with E-state index in [0.29, 0.717) is 13.1 Å². The molecule has 2 rings (SSSR count). The summed E-state index contributed by atoms with van der Waals surface area (Å²) in [4.78, 5) is 13.0. The minimum absolute atomic E-state index is 0.210. The van der Waals surface area contributed by atoms with Crippen molar-refractivity contribution in [2.45, 2.75) is 18.6 Å². The van der Waals surface area contributed by atoms with E-state index >= 15 is 0 Å². The standard InChI is InChI=1S/C15H18F5N3O/c16-11-2-1-3-12(17)10(11)8-14(24)22-9-13(15(18,19)20)23-6-4-21-5-7-23/h1-3,13,21H,4-9H2,(H,22,24). The van der Waals surface area contributed by atoms with Gasteiger partial charge in [-0.1, -0.05) is 6.07 Å². The molecule has 0 spiro atoms. The number of nitrogens with zero attached hydrogens (tertiary/aromatic N) is 1. The van der Waals surface area contributed by atoms with Crippen LogP contribution in [0.15, 0.2) is 18.2 Å². The number of hydrogen-bond donors (Lipinski definition) is 2. The second kappa shape index (κ2) is 7.89. The van der Waals surface area contributed by atoms with Crippen molar-refractivity contribution in [2.24, 2.45) is 0 Å². The molecular formula is C15H18F5N3O. The van der Waals surface area contributed by atoms with Crippen molar-refractivity contribution in [2.75, 3.05) is 32.7 Å². The van der Waals surface area contributed by atoms with Crippen LogP contribution in [0, 0.1) is 11.6 Å². The van der Waals surface area contributed by atoms with Gasteiger partial charge in [-0.3, -0.25) is 9.69 Å². The Labute approximate surface area is 136 Å². The van der Waals surface area contributed by atoms with Crippen LogP contribution >= 0.6 is 0 Å². The van der Waals surface area contributed by atoms with Crippen LogP contribution in [0.5, 0.6) is 0 Å². The molecule has 1 heterocycles. The number of halogens is 5. The first-order valence-corrected chi connectivity index (χ1v) is 7.50. The number of rotatable bonds is 5. The van der Waals surface area contributed by atoms with Gasteiger partial charge in [0.1, 0.15) is 17.7 Å². The molecule has 134 valence electrons. The number of nitrogens with one attached hydrogen (secondary N) is 2. The highest BCUT2D eigenvalue weighted by Gasteiger charge is 2.43. The molecule has 4 nitrogen and oxygen atoms in total. The van der Waals surface area contributed by atoms with Gasteiger partial charge in [0.05, 0.1) is 6.42 Å². The van der Waals surface area contributed by atoms with Crippen LogP contribution in [-0.4, -0.2) is 55.7 Å². The molecule has 1 saturated heterocycles. The zero-order valence-electron chi connectivity index (χ0n) is 12.8. The van der Waals surface area contributed by atoms with E-state index < -0.39 is 48.3 Å². The number of hydrogen-bond acceptors (Lipinski definition) is 3. The first kappa shape index (κ1) is 18.6. The summed E-state index contributed by atoms with van der Waals surface area (Å²) in [7, 11) is 0. The third-order valence-corrected chi connectivity index (χ3v) is 3.86. The summed E-state index contributed by atoms with van der Waals surface area (Å²) in [6, 6.07) is 1.31. The van der Waals surface area contributed by atoms with Gasteiger partial charge in [-0.25, -0.2) is 8.78 Å². The first-order valence-electron chi connectivity index (χ1n) is 7.50. The molecule has 1 aromatic carbocycles. The Morgan fingerprint density at radius 1 is 1.21 bits per heavy atom. The highest BCUT2D eigenvalue weighted by Crippen LogP contribution is 2.24. The summed E-state index contributed by atoms with van der Waals surface area (Å²) in [5, 5.41) is 5.09. The predicted octanol–water partition coefficient (Wildman–Crippen LogP) is 1.46. The van der Waals surface area contributed by atoms with Gasteiger partial charge in [0.15, 0.2) is 0 Å². The van der Waals surface area contributed by atoms with Gasteiger partial charge in [0.2, 0.25) is 5.91 Å². The Balaban J connectivity index is 1.97. The van der Waals surface area contributed by atoms with E-state index in [4.69, 9.17) is 0 Å². The number of carbonyl (C=O) groups excluding carboxylic acids is 1. The van der Waals surface area contributed by atoms with Crippen molar-refractivity contribution < 1.29 is 26.7 Å².